The van der Waals surface area contributed by atoms with Crippen molar-refractivity contribution in [3.05, 3.63) is 36.5 Å². The first kappa shape index (κ1) is 27.4. The number of carboxylic acids is 3. The third-order valence-electron chi connectivity index (χ3n) is 2.99. The van der Waals surface area contributed by atoms with Gasteiger partial charge >= 0.3 is 17.9 Å². The smallest absolute Gasteiger partial charge is 0.330 e. The molecule has 0 radical (unpaired) electrons. The second-order valence-corrected chi connectivity index (χ2v) is 6.07. The normalized spacial score (nSPS) is 15.8. The van der Waals surface area contributed by atoms with E-state index in [2.05, 4.69) is 40.5 Å². The van der Waals surface area contributed by atoms with Crippen LogP contribution in [-0.2, 0) is 19.1 Å². The van der Waals surface area contributed by atoms with Gasteiger partial charge < -0.3 is 20.1 Å². The summed E-state index contributed by atoms with van der Waals surface area (Å²) in [6, 6.07) is 0. The van der Waals surface area contributed by atoms with Crippen LogP contribution in [0.2, 0.25) is 0 Å². The Morgan fingerprint density at radius 1 is 0.840 bits per heavy atom. The Kier molecular flexibility index (Phi) is 14.2. The van der Waals surface area contributed by atoms with Gasteiger partial charge in [-0.3, -0.25) is 0 Å². The van der Waals surface area contributed by atoms with E-state index in [1.165, 1.54) is 20.8 Å². The number of hydrogen-bond donors (Lipinski definition) is 3. The summed E-state index contributed by atoms with van der Waals surface area (Å²) in [6.45, 7) is 21.2. The van der Waals surface area contributed by atoms with Crippen LogP contribution in [0.1, 0.15) is 41.5 Å². The Balaban J connectivity index is -0.000000259. The maximum absolute atomic E-state index is 9.60. The lowest BCUT2D eigenvalue weighted by Gasteiger charge is -2.42. The van der Waals surface area contributed by atoms with Crippen molar-refractivity contribution >= 4 is 17.9 Å². The Labute approximate surface area is 149 Å². The van der Waals surface area contributed by atoms with E-state index in [0.29, 0.717) is 0 Å². The fourth-order valence-corrected chi connectivity index (χ4v) is 0.583. The highest BCUT2D eigenvalue weighted by Crippen LogP contribution is 2.30. The van der Waals surface area contributed by atoms with E-state index in [0.717, 1.165) is 12.5 Å². The average molecular weight is 358 g/mol. The van der Waals surface area contributed by atoms with Crippen molar-refractivity contribution < 1.29 is 34.4 Å². The van der Waals surface area contributed by atoms with Gasteiger partial charge in [-0.2, -0.15) is 0 Å². The first-order valence-corrected chi connectivity index (χ1v) is 7.36. The maximum Gasteiger partial charge on any atom is 0.330 e. The second-order valence-electron chi connectivity index (χ2n) is 6.07. The molecule has 0 amide bonds. The van der Waals surface area contributed by atoms with Crippen LogP contribution in [-0.4, -0.2) is 45.4 Å². The lowest BCUT2D eigenvalue weighted by atomic mass is 9.88. The van der Waals surface area contributed by atoms with E-state index in [1.54, 1.807) is 0 Å². The molecule has 0 bridgehead atoms. The zero-order chi connectivity index (χ0) is 21.0. The van der Waals surface area contributed by atoms with Crippen LogP contribution < -0.4 is 0 Å². The molecule has 25 heavy (non-hydrogen) atoms. The number of ether oxygens (including phenoxy) is 1. The number of rotatable bonds is 3. The van der Waals surface area contributed by atoms with Gasteiger partial charge in [-0.05, 0) is 34.6 Å². The zero-order valence-corrected chi connectivity index (χ0v) is 15.9. The molecule has 7 heteroatoms. The largest absolute Gasteiger partial charge is 0.478 e. The minimum absolute atomic E-state index is 0.176. The van der Waals surface area contributed by atoms with Crippen molar-refractivity contribution in [2.75, 3.05) is 6.61 Å². The molecule has 7 nitrogen and oxygen atoms in total. The van der Waals surface area contributed by atoms with Crippen LogP contribution in [0.15, 0.2) is 36.5 Å². The van der Waals surface area contributed by atoms with Crippen molar-refractivity contribution in [1.29, 1.82) is 0 Å². The van der Waals surface area contributed by atoms with Gasteiger partial charge in [0.25, 0.3) is 0 Å². The summed E-state index contributed by atoms with van der Waals surface area (Å²) in [5.74, 6) is -2.05. The van der Waals surface area contributed by atoms with E-state index >= 15 is 0 Å². The summed E-state index contributed by atoms with van der Waals surface area (Å²) < 4.78 is 5.23. The number of carboxylic acid groups (broad SMARTS) is 3. The highest BCUT2D eigenvalue weighted by atomic mass is 16.5. The topological polar surface area (TPSA) is 121 Å². The molecule has 0 aliphatic carbocycles. The maximum atomic E-state index is 9.60. The van der Waals surface area contributed by atoms with Crippen LogP contribution in [0.3, 0.4) is 0 Å². The molecule has 1 aliphatic heterocycles. The lowest BCUT2D eigenvalue weighted by Crippen LogP contribution is -2.46. The van der Waals surface area contributed by atoms with Crippen LogP contribution >= 0.6 is 0 Å². The molecular weight excluding hydrogens is 328 g/mol. The fraction of sp³-hybridized carbons (Fsp3) is 0.500. The standard InChI is InChI=1S/C6H12O.3C4H6O2/c1-5-4-7-6(5,2)3;3*1-3(2)4(5)6/h5H,4H2,1-3H3;3*1H2,2H3,(H,5,6). The predicted octanol–water partition coefficient (Wildman–Crippen LogP) is 3.37. The highest BCUT2D eigenvalue weighted by molar-refractivity contribution is 5.85. The molecule has 1 heterocycles. The quantitative estimate of drug-likeness (QED) is 0.661. The van der Waals surface area contributed by atoms with E-state index < -0.39 is 17.9 Å². The van der Waals surface area contributed by atoms with Crippen molar-refractivity contribution in [2.45, 2.75) is 47.1 Å². The van der Waals surface area contributed by atoms with E-state index in [4.69, 9.17) is 20.1 Å². The summed E-state index contributed by atoms with van der Waals surface area (Å²) in [6.07, 6.45) is 0. The van der Waals surface area contributed by atoms with Crippen molar-refractivity contribution in [2.24, 2.45) is 5.92 Å². The summed E-state index contributed by atoms with van der Waals surface area (Å²) in [4.78, 5) is 28.8. The molecular formula is C18H30O7. The summed E-state index contributed by atoms with van der Waals surface area (Å²) in [7, 11) is 0. The molecule has 0 aromatic carbocycles. The van der Waals surface area contributed by atoms with Gasteiger partial charge in [0.15, 0.2) is 0 Å². The Morgan fingerprint density at radius 3 is 1.00 bits per heavy atom. The third-order valence-corrected chi connectivity index (χ3v) is 2.99. The molecule has 0 aromatic heterocycles. The van der Waals surface area contributed by atoms with Gasteiger partial charge in [0.05, 0.1) is 12.2 Å². The van der Waals surface area contributed by atoms with Gasteiger partial charge in [0.1, 0.15) is 0 Å². The predicted molar refractivity (Wildman–Crippen MR) is 96.5 cm³/mol. The van der Waals surface area contributed by atoms with Gasteiger partial charge in [0.2, 0.25) is 0 Å². The zero-order valence-electron chi connectivity index (χ0n) is 15.9. The summed E-state index contributed by atoms with van der Waals surface area (Å²) >= 11 is 0. The minimum Gasteiger partial charge on any atom is -0.478 e. The summed E-state index contributed by atoms with van der Waals surface area (Å²) in [5, 5.41) is 23.7. The Hall–Kier alpha value is -2.41. The Bertz CT molecular complexity index is 422. The number of hydrogen-bond acceptors (Lipinski definition) is 4. The molecule has 0 spiro atoms. The molecule has 1 atom stereocenters. The second kappa shape index (κ2) is 12.9. The first-order valence-electron chi connectivity index (χ1n) is 7.36. The summed E-state index contributed by atoms with van der Waals surface area (Å²) in [5.41, 5.74) is 0.708. The van der Waals surface area contributed by atoms with Gasteiger partial charge in [-0.15, -0.1) is 0 Å². The number of aliphatic carboxylic acids is 3. The molecule has 0 saturated carbocycles. The van der Waals surface area contributed by atoms with Crippen LogP contribution in [0.25, 0.3) is 0 Å². The molecule has 1 fully saturated rings. The molecule has 144 valence electrons. The minimum atomic E-state index is -0.935. The highest BCUT2D eigenvalue weighted by Gasteiger charge is 2.35. The Morgan fingerprint density at radius 2 is 1.00 bits per heavy atom. The van der Waals surface area contributed by atoms with Crippen LogP contribution in [0, 0.1) is 5.92 Å². The van der Waals surface area contributed by atoms with E-state index in [1.807, 2.05) is 0 Å². The molecule has 0 aromatic rings. The SMILES string of the molecule is C=C(C)C(=O)O.C=C(C)C(=O)O.C=C(C)C(=O)O.CC1COC1(C)C. The van der Waals surface area contributed by atoms with Gasteiger partial charge in [0, 0.05) is 22.6 Å². The van der Waals surface area contributed by atoms with Crippen LogP contribution in [0.4, 0.5) is 0 Å². The van der Waals surface area contributed by atoms with E-state index in [-0.39, 0.29) is 22.3 Å². The fourth-order valence-electron chi connectivity index (χ4n) is 0.583. The first-order chi connectivity index (χ1) is 11.1. The van der Waals surface area contributed by atoms with Gasteiger partial charge in [-0.25, -0.2) is 14.4 Å². The van der Waals surface area contributed by atoms with E-state index in [9.17, 15) is 14.4 Å². The molecule has 1 rings (SSSR count). The van der Waals surface area contributed by atoms with Crippen molar-refractivity contribution in [1.82, 2.24) is 0 Å². The number of carbonyl (C=O) groups is 3. The average Bonchev–Trinajstić information content (AvgIpc) is 2.47. The molecule has 1 aliphatic rings. The van der Waals surface area contributed by atoms with Crippen molar-refractivity contribution in [3.8, 4) is 0 Å². The van der Waals surface area contributed by atoms with Crippen LogP contribution in [0.5, 0.6) is 0 Å². The molecule has 3 N–H and O–H groups in total. The van der Waals surface area contributed by atoms with Gasteiger partial charge in [-0.1, -0.05) is 26.7 Å². The molecule has 1 saturated heterocycles. The van der Waals surface area contributed by atoms with Crippen molar-refractivity contribution in [3.63, 3.8) is 0 Å². The lowest BCUT2D eigenvalue weighted by molar-refractivity contribution is -0.173. The molecule has 1 unspecified atom stereocenters. The monoisotopic (exact) mass is 358 g/mol. The third kappa shape index (κ3) is 17.8.